The van der Waals surface area contributed by atoms with Gasteiger partial charge < -0.3 is 19.0 Å². The van der Waals surface area contributed by atoms with E-state index < -0.39 is 43.3 Å². The first-order valence-corrected chi connectivity index (χ1v) is 18.5. The van der Waals surface area contributed by atoms with Crippen molar-refractivity contribution in [2.75, 3.05) is 32.0 Å². The van der Waals surface area contributed by atoms with Crippen molar-refractivity contribution >= 4 is 25.5 Å². The smallest absolute Gasteiger partial charge is 0.342 e. The molecule has 0 amide bonds. The highest BCUT2D eigenvalue weighted by atomic mass is 32.2. The van der Waals surface area contributed by atoms with Gasteiger partial charge in [0.1, 0.15) is 12.0 Å². The number of hydrogen-bond acceptors (Lipinski definition) is 8. The van der Waals surface area contributed by atoms with E-state index >= 15 is 0 Å². The van der Waals surface area contributed by atoms with Crippen molar-refractivity contribution < 1.29 is 36.6 Å². The van der Waals surface area contributed by atoms with Gasteiger partial charge in [0.2, 0.25) is 8.03 Å². The Balaban J connectivity index is 2.18. The van der Waals surface area contributed by atoms with E-state index in [1.807, 2.05) is 37.3 Å². The molecule has 0 spiro atoms. The van der Waals surface area contributed by atoms with Crippen molar-refractivity contribution in [3.8, 4) is 5.75 Å². The summed E-state index contributed by atoms with van der Waals surface area (Å²) in [5, 5.41) is 3.72. The summed E-state index contributed by atoms with van der Waals surface area (Å²) in [6.07, 6.45) is 2.27. The van der Waals surface area contributed by atoms with E-state index in [1.165, 1.54) is 12.0 Å². The summed E-state index contributed by atoms with van der Waals surface area (Å²) in [6, 6.07) is 12.5. The van der Waals surface area contributed by atoms with Gasteiger partial charge in [-0.25, -0.2) is 8.42 Å². The van der Waals surface area contributed by atoms with Gasteiger partial charge in [-0.2, -0.15) is 0 Å². The molecule has 4 atom stereocenters. The average Bonchev–Trinajstić information content (AvgIpc) is 2.99. The van der Waals surface area contributed by atoms with Crippen LogP contribution in [0, 0.1) is 0 Å². The van der Waals surface area contributed by atoms with Gasteiger partial charge in [-0.15, -0.1) is 0 Å². The van der Waals surface area contributed by atoms with Crippen LogP contribution in [0.5, 0.6) is 5.75 Å². The number of hydrogen-bond donors (Lipinski definition) is 3. The first kappa shape index (κ1) is 33.0. The van der Waals surface area contributed by atoms with E-state index in [0.717, 1.165) is 18.4 Å². The average molecular weight is 617 g/mol. The topological polar surface area (TPSA) is 142 Å². The molecule has 2 aromatic rings. The molecule has 10 nitrogen and oxygen atoms in total. The highest BCUT2D eigenvalue weighted by Crippen LogP contribution is 2.45. The van der Waals surface area contributed by atoms with Crippen LogP contribution in [0.4, 0.5) is 0 Å². The zero-order chi connectivity index (χ0) is 29.6. The molecule has 224 valence electrons. The predicted molar refractivity (Wildman–Crippen MR) is 157 cm³/mol. The first-order valence-electron chi connectivity index (χ1n) is 13.6. The number of fused-ring (bicyclic) bond motifs is 1. The standard InChI is InChI=1S/C27H42N2O8P2S/c1-5-8-14-27(6-2)18-40(34,35)25-15-22(17-29(19-38(30)31)20-39(32,33)37-7-3)24(36-4)16-23(25)26(28-27)21-12-10-9-11-13-21/h9-13,15-16,26,28,38H,5-8,14,17-20H2,1-4H3,(H,30,31)(H,32,33)/t26-,27-/m1/s1. The van der Waals surface area contributed by atoms with E-state index in [-0.39, 0.29) is 30.1 Å². The summed E-state index contributed by atoms with van der Waals surface area (Å²) in [4.78, 5) is 21.3. The fraction of sp³-hybridized carbons (Fsp3) is 0.556. The summed E-state index contributed by atoms with van der Waals surface area (Å²) < 4.78 is 63.0. The Labute approximate surface area is 238 Å². The summed E-state index contributed by atoms with van der Waals surface area (Å²) in [5.74, 6) is 0.295. The molecule has 2 aromatic carbocycles. The predicted octanol–water partition coefficient (Wildman–Crippen LogP) is 4.91. The van der Waals surface area contributed by atoms with Gasteiger partial charge in [0.05, 0.1) is 36.7 Å². The van der Waals surface area contributed by atoms with Crippen LogP contribution in [-0.4, -0.2) is 60.7 Å². The molecule has 0 saturated heterocycles. The van der Waals surface area contributed by atoms with Crippen molar-refractivity contribution in [2.24, 2.45) is 0 Å². The van der Waals surface area contributed by atoms with Crippen molar-refractivity contribution in [3.63, 3.8) is 0 Å². The van der Waals surface area contributed by atoms with Gasteiger partial charge in [0.25, 0.3) is 0 Å². The number of benzene rings is 2. The van der Waals surface area contributed by atoms with Gasteiger partial charge >= 0.3 is 7.60 Å². The zero-order valence-electron chi connectivity index (χ0n) is 23.6. The van der Waals surface area contributed by atoms with Crippen molar-refractivity contribution in [2.45, 2.75) is 69.5 Å². The zero-order valence-corrected chi connectivity index (χ0v) is 26.3. The van der Waals surface area contributed by atoms with Crippen LogP contribution in [0.3, 0.4) is 0 Å². The molecular weight excluding hydrogens is 574 g/mol. The van der Waals surface area contributed by atoms with Crippen LogP contribution in [0.2, 0.25) is 0 Å². The Bertz CT molecular complexity index is 1330. The van der Waals surface area contributed by atoms with Crippen molar-refractivity contribution in [1.29, 1.82) is 0 Å². The lowest BCUT2D eigenvalue weighted by atomic mass is 9.88. The van der Waals surface area contributed by atoms with E-state index in [0.29, 0.717) is 29.7 Å². The highest BCUT2D eigenvalue weighted by Gasteiger charge is 2.42. The summed E-state index contributed by atoms with van der Waals surface area (Å²) >= 11 is 0. The maximum Gasteiger partial charge on any atom is 0.342 e. The fourth-order valence-electron chi connectivity index (χ4n) is 5.33. The second-order valence-electron chi connectivity index (χ2n) is 10.3. The molecule has 0 fully saturated rings. The second-order valence-corrected chi connectivity index (χ2v) is 15.1. The quantitative estimate of drug-likeness (QED) is 0.251. The minimum Gasteiger partial charge on any atom is -0.496 e. The number of ether oxygens (including phenoxy) is 1. The maximum atomic E-state index is 14.1. The van der Waals surface area contributed by atoms with Gasteiger partial charge in [-0.3, -0.25) is 19.3 Å². The van der Waals surface area contributed by atoms with Crippen LogP contribution in [-0.2, 0) is 30.0 Å². The second kappa shape index (κ2) is 14.1. The molecule has 1 aliphatic rings. The fourth-order valence-corrected chi connectivity index (χ4v) is 9.48. The molecule has 0 radical (unpaired) electrons. The normalized spacial score (nSPS) is 22.7. The molecule has 0 saturated carbocycles. The van der Waals surface area contributed by atoms with E-state index in [4.69, 9.17) is 9.26 Å². The Morgan fingerprint density at radius 1 is 1.20 bits per heavy atom. The molecule has 40 heavy (non-hydrogen) atoms. The molecule has 13 heteroatoms. The SMILES string of the molecule is CCCC[C@]1(CC)CS(=O)(=O)c2cc(CN(C[PH](=O)O)CP(=O)(O)OCC)c(OC)cc2[C@@H](c2ccccc2)N1. The van der Waals surface area contributed by atoms with Gasteiger partial charge in [-0.05, 0) is 43.0 Å². The van der Waals surface area contributed by atoms with Crippen molar-refractivity contribution in [3.05, 3.63) is 59.2 Å². The molecule has 2 unspecified atom stereocenters. The Kier molecular flexibility index (Phi) is 11.6. The monoisotopic (exact) mass is 616 g/mol. The van der Waals surface area contributed by atoms with Crippen LogP contribution < -0.4 is 10.1 Å². The molecule has 1 heterocycles. The molecule has 3 rings (SSSR count). The molecule has 0 bridgehead atoms. The number of sulfone groups is 1. The third-order valence-corrected chi connectivity index (χ3v) is 11.3. The van der Waals surface area contributed by atoms with Crippen LogP contribution >= 0.6 is 15.6 Å². The van der Waals surface area contributed by atoms with Gasteiger partial charge in [0, 0.05) is 17.6 Å². The first-order chi connectivity index (χ1) is 18.9. The summed E-state index contributed by atoms with van der Waals surface area (Å²) in [5.41, 5.74) is 1.26. The van der Waals surface area contributed by atoms with E-state index in [2.05, 4.69) is 12.2 Å². The number of rotatable bonds is 14. The number of unbranched alkanes of at least 4 members (excludes halogenated alkanes) is 1. The Morgan fingerprint density at radius 2 is 1.90 bits per heavy atom. The number of nitrogens with zero attached hydrogens (tertiary/aromatic N) is 1. The van der Waals surface area contributed by atoms with E-state index in [1.54, 1.807) is 19.1 Å². The molecule has 0 aromatic heterocycles. The molecule has 0 aliphatic carbocycles. The third kappa shape index (κ3) is 8.26. The van der Waals surface area contributed by atoms with E-state index in [9.17, 15) is 27.3 Å². The summed E-state index contributed by atoms with van der Waals surface area (Å²) in [6.45, 7) is 5.58. The summed E-state index contributed by atoms with van der Waals surface area (Å²) in [7, 11) is -9.46. The lowest BCUT2D eigenvalue weighted by molar-refractivity contribution is 0.240. The van der Waals surface area contributed by atoms with Crippen molar-refractivity contribution in [1.82, 2.24) is 10.2 Å². The minimum atomic E-state index is -4.08. The van der Waals surface area contributed by atoms with Crippen LogP contribution in [0.1, 0.15) is 69.2 Å². The molecular formula is C27H42N2O8P2S. The third-order valence-electron chi connectivity index (χ3n) is 7.26. The lowest BCUT2D eigenvalue weighted by Crippen LogP contribution is -2.50. The van der Waals surface area contributed by atoms with Gasteiger partial charge in [0.15, 0.2) is 9.84 Å². The highest BCUT2D eigenvalue weighted by molar-refractivity contribution is 7.91. The van der Waals surface area contributed by atoms with Crippen LogP contribution in [0.25, 0.3) is 0 Å². The largest absolute Gasteiger partial charge is 0.496 e. The minimum absolute atomic E-state index is 0.00141. The maximum absolute atomic E-state index is 14.1. The molecule has 1 aliphatic heterocycles. The lowest BCUT2D eigenvalue weighted by Gasteiger charge is -2.36. The number of methoxy groups -OCH3 is 1. The van der Waals surface area contributed by atoms with Gasteiger partial charge in [-0.1, -0.05) is 57.0 Å². The Hall–Kier alpha value is -1.55. The Morgan fingerprint density at radius 3 is 2.48 bits per heavy atom. The van der Waals surface area contributed by atoms with Crippen LogP contribution in [0.15, 0.2) is 47.4 Å². The number of nitrogens with one attached hydrogen (secondary N) is 1. The molecule has 3 N–H and O–H groups in total.